The van der Waals surface area contributed by atoms with Crippen LogP contribution in [-0.4, -0.2) is 11.2 Å². The first-order valence-electron chi connectivity index (χ1n) is 9.70. The van der Waals surface area contributed by atoms with Crippen LogP contribution in [0, 0.1) is 6.07 Å². The van der Waals surface area contributed by atoms with Crippen LogP contribution in [0.1, 0.15) is 23.6 Å². The number of hydrogen-bond acceptors (Lipinski definition) is 1. The molecule has 1 aliphatic carbocycles. The molecular formula is C25H14F6IrN-. The number of fused-ring (bicyclic) bond motifs is 4. The summed E-state index contributed by atoms with van der Waals surface area (Å²) < 4.78 is 82.9. The summed E-state index contributed by atoms with van der Waals surface area (Å²) in [6.07, 6.45) is -7.94. The van der Waals surface area contributed by atoms with E-state index in [2.05, 4.69) is 11.1 Å². The van der Waals surface area contributed by atoms with Gasteiger partial charge in [-0.3, -0.25) is 0 Å². The molecular weight excluding hydrogens is 620 g/mol. The minimum absolute atomic E-state index is 0. The monoisotopic (exact) mass is 635 g/mol. The maximum atomic E-state index is 14.4. The van der Waals surface area contributed by atoms with Crippen molar-refractivity contribution in [1.29, 1.82) is 0 Å². The Balaban J connectivity index is 0.00000259. The molecule has 1 heterocycles. The number of halogens is 6. The molecule has 0 bridgehead atoms. The number of hydrogen-bond donors (Lipinski definition) is 0. The Bertz CT molecular complexity index is 1380. The average molecular weight is 635 g/mol. The van der Waals surface area contributed by atoms with E-state index in [9.17, 15) is 26.3 Å². The third kappa shape index (κ3) is 3.56. The number of benzene rings is 3. The van der Waals surface area contributed by atoms with Gasteiger partial charge in [0.05, 0.1) is 11.0 Å². The predicted molar refractivity (Wildman–Crippen MR) is 109 cm³/mol. The van der Waals surface area contributed by atoms with Gasteiger partial charge in [0.2, 0.25) is 0 Å². The van der Waals surface area contributed by atoms with E-state index in [0.717, 1.165) is 29.8 Å². The molecule has 5 rings (SSSR count). The van der Waals surface area contributed by atoms with Gasteiger partial charge >= 0.3 is 12.4 Å². The zero-order valence-corrected chi connectivity index (χ0v) is 19.3. The molecule has 1 atom stereocenters. The summed E-state index contributed by atoms with van der Waals surface area (Å²) in [5.74, 6) is 0. The molecule has 0 N–H and O–H groups in total. The van der Waals surface area contributed by atoms with Crippen molar-refractivity contribution in [2.24, 2.45) is 0 Å². The second-order valence-corrected chi connectivity index (χ2v) is 7.97. The largest absolute Gasteiger partial charge is 0.416 e. The molecule has 4 aromatic rings. The molecule has 0 fully saturated rings. The second kappa shape index (κ2) is 7.67. The summed E-state index contributed by atoms with van der Waals surface area (Å²) in [6.45, 7) is 0.926. The Kier molecular flexibility index (Phi) is 5.45. The molecule has 8 heteroatoms. The standard InChI is InChI=1S/C25H14F6N.Ir/c1-23(25(29,30)31)20-10-15(22-11-14-4-2-3-5-16(14)13-32-22)6-8-18(20)19-9-7-17(12-21(19)23)24(26,27)28;/h2-5,7-13H,1H3;/q-1;. The molecule has 0 saturated heterocycles. The number of rotatable bonds is 1. The van der Waals surface area contributed by atoms with E-state index < -0.39 is 28.9 Å². The summed E-state index contributed by atoms with van der Waals surface area (Å²) in [5, 5.41) is 1.74. The van der Waals surface area contributed by atoms with E-state index in [4.69, 9.17) is 0 Å². The first kappa shape index (κ1) is 23.5. The summed E-state index contributed by atoms with van der Waals surface area (Å²) in [7, 11) is 0. The molecule has 1 unspecified atom stereocenters. The second-order valence-electron chi connectivity index (χ2n) is 7.97. The average Bonchev–Trinajstić information content (AvgIpc) is 3.01. The van der Waals surface area contributed by atoms with Gasteiger partial charge in [-0.2, -0.15) is 26.3 Å². The van der Waals surface area contributed by atoms with Crippen molar-refractivity contribution in [3.63, 3.8) is 0 Å². The third-order valence-electron chi connectivity index (χ3n) is 6.14. The molecule has 0 saturated carbocycles. The van der Waals surface area contributed by atoms with Crippen LogP contribution in [-0.2, 0) is 31.7 Å². The maximum absolute atomic E-state index is 14.4. The molecule has 171 valence electrons. The molecule has 1 aliphatic rings. The van der Waals surface area contributed by atoms with E-state index >= 15 is 0 Å². The fourth-order valence-electron chi connectivity index (χ4n) is 4.33. The van der Waals surface area contributed by atoms with Crippen LogP contribution < -0.4 is 0 Å². The van der Waals surface area contributed by atoms with Gasteiger partial charge in [0.25, 0.3) is 0 Å². The van der Waals surface area contributed by atoms with Gasteiger partial charge < -0.3 is 4.98 Å². The number of pyridine rings is 1. The van der Waals surface area contributed by atoms with Crippen LogP contribution in [0.4, 0.5) is 26.3 Å². The minimum atomic E-state index is -4.81. The third-order valence-corrected chi connectivity index (χ3v) is 6.14. The van der Waals surface area contributed by atoms with E-state index in [0.29, 0.717) is 17.3 Å². The summed E-state index contributed by atoms with van der Waals surface area (Å²) >= 11 is 0. The Morgan fingerprint density at radius 3 is 2.15 bits per heavy atom. The summed E-state index contributed by atoms with van der Waals surface area (Å²) in [5.41, 5.74) is -3.11. The number of alkyl halides is 6. The molecule has 33 heavy (non-hydrogen) atoms. The Labute approximate surface area is 198 Å². The topological polar surface area (TPSA) is 12.9 Å². The van der Waals surface area contributed by atoms with Gasteiger partial charge in [-0.15, -0.1) is 29.3 Å². The van der Waals surface area contributed by atoms with Crippen LogP contribution in [0.3, 0.4) is 0 Å². The van der Waals surface area contributed by atoms with Gasteiger partial charge in [-0.05, 0) is 35.0 Å². The van der Waals surface area contributed by atoms with Crippen LogP contribution in [0.15, 0.2) is 66.9 Å². The van der Waals surface area contributed by atoms with Gasteiger partial charge in [-0.25, -0.2) is 0 Å². The number of nitrogens with zero attached hydrogens (tertiary/aromatic N) is 1. The molecule has 0 spiro atoms. The Morgan fingerprint density at radius 2 is 1.48 bits per heavy atom. The molecule has 3 aromatic carbocycles. The first-order valence-corrected chi connectivity index (χ1v) is 9.70. The van der Waals surface area contributed by atoms with Crippen LogP contribution >= 0.6 is 0 Å². The van der Waals surface area contributed by atoms with Crippen molar-refractivity contribution in [2.75, 3.05) is 0 Å². The van der Waals surface area contributed by atoms with Gasteiger partial charge in [0.15, 0.2) is 0 Å². The fraction of sp³-hybridized carbons (Fsp3) is 0.160. The summed E-state index contributed by atoms with van der Waals surface area (Å²) in [6, 6.07) is 17.4. The SMILES string of the molecule is CC1(C(F)(F)F)c2cc(-c3cc4ccccc4cn3)[c-]cc2-c2ccc(C(F)(F)F)cc21.[Ir]. The van der Waals surface area contributed by atoms with E-state index in [-0.39, 0.29) is 36.8 Å². The van der Waals surface area contributed by atoms with Gasteiger partial charge in [-0.1, -0.05) is 53.6 Å². The zero-order chi connectivity index (χ0) is 22.9. The first-order chi connectivity index (χ1) is 15.0. The van der Waals surface area contributed by atoms with Crippen LogP contribution in [0.2, 0.25) is 0 Å². The van der Waals surface area contributed by atoms with E-state index in [1.165, 1.54) is 12.1 Å². The summed E-state index contributed by atoms with van der Waals surface area (Å²) in [4.78, 5) is 4.35. The van der Waals surface area contributed by atoms with Crippen molar-refractivity contribution in [3.8, 4) is 22.4 Å². The molecule has 1 radical (unpaired) electrons. The molecule has 0 amide bonds. The molecule has 1 aromatic heterocycles. The van der Waals surface area contributed by atoms with E-state index in [1.54, 1.807) is 12.3 Å². The van der Waals surface area contributed by atoms with Crippen molar-refractivity contribution >= 4 is 10.8 Å². The van der Waals surface area contributed by atoms with Crippen LogP contribution in [0.5, 0.6) is 0 Å². The molecule has 1 nitrogen and oxygen atoms in total. The fourth-order valence-corrected chi connectivity index (χ4v) is 4.33. The minimum Gasteiger partial charge on any atom is -0.304 e. The van der Waals surface area contributed by atoms with E-state index in [1.807, 2.05) is 24.3 Å². The van der Waals surface area contributed by atoms with Crippen molar-refractivity contribution in [3.05, 3.63) is 89.6 Å². The molecule has 0 aliphatic heterocycles. The van der Waals surface area contributed by atoms with Gasteiger partial charge in [0, 0.05) is 26.3 Å². The zero-order valence-electron chi connectivity index (χ0n) is 16.9. The Hall–Kier alpha value is -2.70. The normalized spacial score (nSPS) is 17.4. The van der Waals surface area contributed by atoms with Gasteiger partial charge in [0.1, 0.15) is 0 Å². The van der Waals surface area contributed by atoms with Crippen molar-refractivity contribution < 1.29 is 46.4 Å². The number of aromatic nitrogens is 1. The quantitative estimate of drug-likeness (QED) is 0.156. The van der Waals surface area contributed by atoms with Crippen molar-refractivity contribution in [2.45, 2.75) is 24.7 Å². The smallest absolute Gasteiger partial charge is 0.304 e. The maximum Gasteiger partial charge on any atom is 0.416 e. The van der Waals surface area contributed by atoms with Crippen LogP contribution in [0.25, 0.3) is 33.2 Å². The van der Waals surface area contributed by atoms with Crippen molar-refractivity contribution in [1.82, 2.24) is 4.98 Å². The predicted octanol–water partition coefficient (Wildman–Crippen LogP) is 7.57. The Morgan fingerprint density at radius 1 is 0.818 bits per heavy atom.